The zero-order valence-corrected chi connectivity index (χ0v) is 17.5. The summed E-state index contributed by atoms with van der Waals surface area (Å²) >= 11 is 0. The highest BCUT2D eigenvalue weighted by Crippen LogP contribution is 2.50. The molecule has 2 aliphatic rings. The van der Waals surface area contributed by atoms with Crippen LogP contribution in [0.3, 0.4) is 0 Å². The van der Waals surface area contributed by atoms with Crippen LogP contribution in [0.5, 0.6) is 11.5 Å². The second kappa shape index (κ2) is 8.54. The number of carbonyl (C=O) groups excluding carboxylic acids is 2. The van der Waals surface area contributed by atoms with Gasteiger partial charge in [0.25, 0.3) is 0 Å². The number of rotatable bonds is 8. The van der Waals surface area contributed by atoms with E-state index in [4.69, 9.17) is 9.47 Å². The summed E-state index contributed by atoms with van der Waals surface area (Å²) in [6, 6.07) is 8.93. The quantitative estimate of drug-likeness (QED) is 0.612. The number of benzene rings is 2. The lowest BCUT2D eigenvalue weighted by atomic mass is 9.90. The van der Waals surface area contributed by atoms with Crippen LogP contribution < -0.4 is 19.7 Å². The highest BCUT2D eigenvalue weighted by Gasteiger charge is 2.41. The van der Waals surface area contributed by atoms with Crippen LogP contribution in [-0.4, -0.2) is 43.7 Å². The van der Waals surface area contributed by atoms with Gasteiger partial charge in [-0.1, -0.05) is 6.07 Å². The molecule has 1 unspecified atom stereocenters. The van der Waals surface area contributed by atoms with Crippen molar-refractivity contribution in [1.29, 1.82) is 0 Å². The van der Waals surface area contributed by atoms with Gasteiger partial charge in [0.2, 0.25) is 6.41 Å². The van der Waals surface area contributed by atoms with Crippen molar-refractivity contribution in [2.75, 3.05) is 24.4 Å². The summed E-state index contributed by atoms with van der Waals surface area (Å²) in [6.45, 7) is 0.379. The van der Waals surface area contributed by atoms with Gasteiger partial charge >= 0.3 is 5.97 Å². The fourth-order valence-corrected chi connectivity index (χ4v) is 4.17. The number of Topliss-reactive ketones (excluding diaryl/α,β-unsaturated/α-hetero) is 1. The van der Waals surface area contributed by atoms with Gasteiger partial charge in [0.05, 0.1) is 44.2 Å². The first-order valence-corrected chi connectivity index (χ1v) is 9.81. The first-order valence-electron chi connectivity index (χ1n) is 9.81. The van der Waals surface area contributed by atoms with E-state index >= 15 is 0 Å². The Kier molecular flexibility index (Phi) is 5.63. The number of ketones is 1. The maximum atomic E-state index is 12.8. The van der Waals surface area contributed by atoms with Gasteiger partial charge in [-0.2, -0.15) is 0 Å². The van der Waals surface area contributed by atoms with E-state index in [1.165, 1.54) is 6.21 Å². The summed E-state index contributed by atoms with van der Waals surface area (Å²) in [5.74, 6) is -0.712. The number of carboxylic acids is 1. The minimum absolute atomic E-state index is 0.240. The number of carbonyl (C=O) groups is 3. The monoisotopic (exact) mass is 435 g/mol. The predicted octanol–water partition coefficient (Wildman–Crippen LogP) is 2.50. The van der Waals surface area contributed by atoms with Crippen molar-refractivity contribution < 1.29 is 29.0 Å². The van der Waals surface area contributed by atoms with Gasteiger partial charge in [-0.15, -0.1) is 0 Å². The van der Waals surface area contributed by atoms with Gasteiger partial charge in [0.1, 0.15) is 11.5 Å². The Labute approximate surface area is 184 Å². The van der Waals surface area contributed by atoms with Gasteiger partial charge < -0.3 is 24.8 Å². The van der Waals surface area contributed by atoms with Crippen molar-refractivity contribution in [3.63, 3.8) is 0 Å². The number of methoxy groups -OCH3 is 2. The van der Waals surface area contributed by atoms with Crippen molar-refractivity contribution in [2.45, 2.75) is 18.9 Å². The van der Waals surface area contributed by atoms with E-state index in [2.05, 4.69) is 10.3 Å². The Balaban J connectivity index is 1.86. The molecule has 4 rings (SSSR count). The van der Waals surface area contributed by atoms with Gasteiger partial charge in [-0.25, -0.2) is 0 Å². The van der Waals surface area contributed by atoms with Crippen LogP contribution >= 0.6 is 0 Å². The topological polar surface area (TPSA) is 118 Å². The van der Waals surface area contributed by atoms with Gasteiger partial charge in [-0.05, 0) is 29.3 Å². The summed E-state index contributed by atoms with van der Waals surface area (Å²) in [6.07, 6.45) is 3.06. The summed E-state index contributed by atoms with van der Waals surface area (Å²) in [5, 5.41) is 11.9. The number of fused-ring (bicyclic) bond motifs is 3. The number of aliphatic carboxylic acids is 1. The molecule has 9 nitrogen and oxygen atoms in total. The highest BCUT2D eigenvalue weighted by molar-refractivity contribution is 6.33. The van der Waals surface area contributed by atoms with Crippen molar-refractivity contribution in [3.8, 4) is 11.5 Å². The van der Waals surface area contributed by atoms with E-state index in [-0.39, 0.29) is 12.2 Å². The zero-order chi connectivity index (χ0) is 22.8. The van der Waals surface area contributed by atoms with Crippen LogP contribution in [-0.2, 0) is 27.3 Å². The van der Waals surface area contributed by atoms with E-state index < -0.39 is 11.9 Å². The average molecular weight is 435 g/mol. The van der Waals surface area contributed by atoms with Crippen LogP contribution in [0.2, 0.25) is 0 Å². The fraction of sp³-hybridized carbons (Fsp3) is 0.217. The third-order valence-corrected chi connectivity index (χ3v) is 5.49. The number of ether oxygens (including phenoxy) is 2. The van der Waals surface area contributed by atoms with Crippen molar-refractivity contribution in [2.24, 2.45) is 4.99 Å². The molecule has 1 amide bonds. The molecule has 0 saturated heterocycles. The normalized spacial score (nSPS) is 16.2. The number of anilines is 2. The number of carboxylic acid groups (broad SMARTS) is 1. The summed E-state index contributed by atoms with van der Waals surface area (Å²) in [7, 11) is 3.14. The average Bonchev–Trinajstić information content (AvgIpc) is 3.09. The molecule has 0 radical (unpaired) electrons. The standard InChI is InChI=1S/C23H21N3O6/c1-31-15-5-13(6-16(8-15)32-2)11-26-17-4-3-14(7-20(29)30)23(25-12-27)22(17)21-18(26)9-24-10-19(21)28/h3-6,8-10,12,21H,7,11H2,1-2H3,(H,25,27)(H,29,30). The molecule has 164 valence electrons. The Hall–Kier alpha value is -4.14. The smallest absolute Gasteiger partial charge is 0.307 e. The van der Waals surface area contributed by atoms with E-state index in [1.807, 2.05) is 17.0 Å². The summed E-state index contributed by atoms with van der Waals surface area (Å²) in [4.78, 5) is 41.5. The highest BCUT2D eigenvalue weighted by atomic mass is 16.5. The third kappa shape index (κ3) is 3.68. The molecule has 1 atom stereocenters. The van der Waals surface area contributed by atoms with E-state index in [0.29, 0.717) is 52.7 Å². The number of allylic oxidation sites excluding steroid dienone is 1. The minimum Gasteiger partial charge on any atom is -0.497 e. The Bertz CT molecular complexity index is 1150. The number of amides is 1. The maximum Gasteiger partial charge on any atom is 0.307 e. The van der Waals surface area contributed by atoms with Crippen LogP contribution in [0.25, 0.3) is 0 Å². The molecule has 2 heterocycles. The molecule has 32 heavy (non-hydrogen) atoms. The fourth-order valence-electron chi connectivity index (χ4n) is 4.17. The third-order valence-electron chi connectivity index (χ3n) is 5.49. The predicted molar refractivity (Wildman–Crippen MR) is 118 cm³/mol. The molecule has 0 bridgehead atoms. The van der Waals surface area contributed by atoms with Crippen LogP contribution in [0.1, 0.15) is 22.6 Å². The first kappa shape index (κ1) is 21.1. The largest absolute Gasteiger partial charge is 0.497 e. The SMILES string of the molecule is COc1cc(CN2C3=CN=CC(=O)C3c3c2ccc(CC(=O)O)c3NC=O)cc(OC)c1. The first-order chi connectivity index (χ1) is 15.5. The van der Waals surface area contributed by atoms with Gasteiger partial charge in [-0.3, -0.25) is 19.4 Å². The molecule has 2 N–H and O–H groups in total. The van der Waals surface area contributed by atoms with E-state index in [9.17, 15) is 19.5 Å². The Morgan fingerprint density at radius 2 is 1.94 bits per heavy atom. The van der Waals surface area contributed by atoms with Crippen molar-refractivity contribution >= 4 is 35.8 Å². The number of hydrogen-bond acceptors (Lipinski definition) is 7. The molecular weight excluding hydrogens is 414 g/mol. The lowest BCUT2D eigenvalue weighted by Crippen LogP contribution is -2.24. The van der Waals surface area contributed by atoms with Crippen LogP contribution in [0.4, 0.5) is 11.4 Å². The molecule has 0 aromatic heterocycles. The molecule has 2 aliphatic heterocycles. The van der Waals surface area contributed by atoms with Gasteiger partial charge in [0.15, 0.2) is 5.78 Å². The second-order valence-electron chi connectivity index (χ2n) is 7.34. The summed E-state index contributed by atoms with van der Waals surface area (Å²) in [5.41, 5.74) is 3.53. The molecule has 0 saturated carbocycles. The van der Waals surface area contributed by atoms with E-state index in [0.717, 1.165) is 5.56 Å². The number of hydrogen-bond donors (Lipinski definition) is 2. The molecule has 0 spiro atoms. The number of nitrogens with one attached hydrogen (secondary N) is 1. The van der Waals surface area contributed by atoms with Crippen LogP contribution in [0, 0.1) is 0 Å². The molecule has 0 aliphatic carbocycles. The second-order valence-corrected chi connectivity index (χ2v) is 7.34. The zero-order valence-electron chi connectivity index (χ0n) is 17.5. The van der Waals surface area contributed by atoms with Crippen molar-refractivity contribution in [3.05, 3.63) is 58.9 Å². The molecule has 0 fully saturated rings. The lowest BCUT2D eigenvalue weighted by molar-refractivity contribution is -0.136. The lowest BCUT2D eigenvalue weighted by Gasteiger charge is -2.24. The number of aliphatic imine (C=N–C) groups is 1. The van der Waals surface area contributed by atoms with Gasteiger partial charge in [0, 0.05) is 30.1 Å². The maximum absolute atomic E-state index is 12.8. The summed E-state index contributed by atoms with van der Waals surface area (Å²) < 4.78 is 10.7. The minimum atomic E-state index is -1.04. The molecule has 9 heteroatoms. The molecule has 2 aromatic carbocycles. The molecule has 2 aromatic rings. The Morgan fingerprint density at radius 3 is 2.56 bits per heavy atom. The van der Waals surface area contributed by atoms with Crippen LogP contribution in [0.15, 0.2) is 47.2 Å². The van der Waals surface area contributed by atoms with Crippen molar-refractivity contribution in [1.82, 2.24) is 0 Å². The Morgan fingerprint density at radius 1 is 1.22 bits per heavy atom. The molecular formula is C23H21N3O6. The van der Waals surface area contributed by atoms with E-state index in [1.54, 1.807) is 38.6 Å². The number of nitrogens with zero attached hydrogens (tertiary/aromatic N) is 2.